The van der Waals surface area contributed by atoms with E-state index in [1.54, 1.807) is 6.07 Å². The largest absolute Gasteiger partial charge is 0.462 e. The maximum Gasteiger partial charge on any atom is 0.339 e. The maximum atomic E-state index is 13.3. The number of ether oxygens (including phenoxy) is 2. The van der Waals surface area contributed by atoms with Crippen LogP contribution in [0.5, 0.6) is 0 Å². The fourth-order valence-electron chi connectivity index (χ4n) is 5.27. The van der Waals surface area contributed by atoms with Crippen LogP contribution in [0.25, 0.3) is 0 Å². The van der Waals surface area contributed by atoms with Gasteiger partial charge in [0.25, 0.3) is 0 Å². The highest BCUT2D eigenvalue weighted by Crippen LogP contribution is 2.21. The molecule has 0 atom stereocenters. The first-order valence-electron chi connectivity index (χ1n) is 17.1. The Labute approximate surface area is 247 Å². The van der Waals surface area contributed by atoms with Gasteiger partial charge in [-0.25, -0.2) is 9.59 Å². The number of aryl methyl sites for hydroxylation is 1. The molecule has 0 N–H and O–H groups in total. The second-order valence-corrected chi connectivity index (χ2v) is 11.6. The molecule has 1 aromatic rings. The lowest BCUT2D eigenvalue weighted by Crippen LogP contribution is -2.17. The topological polar surface area (TPSA) is 52.6 Å². The van der Waals surface area contributed by atoms with Crippen molar-refractivity contribution in [2.24, 2.45) is 0 Å². The van der Waals surface area contributed by atoms with E-state index in [4.69, 9.17) is 9.47 Å². The van der Waals surface area contributed by atoms with E-state index in [0.29, 0.717) is 24.3 Å². The van der Waals surface area contributed by atoms with Crippen molar-refractivity contribution in [3.63, 3.8) is 0 Å². The minimum absolute atomic E-state index is 0.365. The summed E-state index contributed by atoms with van der Waals surface area (Å²) in [6, 6.07) is 5.59. The summed E-state index contributed by atoms with van der Waals surface area (Å²) in [6.45, 7) is 7.52. The third-order valence-corrected chi connectivity index (χ3v) is 7.84. The number of hydrogen-bond acceptors (Lipinski definition) is 4. The van der Waals surface area contributed by atoms with Gasteiger partial charge in [-0.1, -0.05) is 155 Å². The number of rotatable bonds is 27. The van der Waals surface area contributed by atoms with Gasteiger partial charge in [0.1, 0.15) is 0 Å². The molecule has 1 aromatic carbocycles. The van der Waals surface area contributed by atoms with Crippen molar-refractivity contribution in [1.82, 2.24) is 0 Å². The van der Waals surface area contributed by atoms with E-state index in [9.17, 15) is 9.59 Å². The van der Waals surface area contributed by atoms with Crippen LogP contribution in [0.15, 0.2) is 18.2 Å². The molecule has 4 heteroatoms. The molecule has 4 nitrogen and oxygen atoms in total. The van der Waals surface area contributed by atoms with Gasteiger partial charge in [-0.2, -0.15) is 0 Å². The molecule has 0 unspecified atom stereocenters. The van der Waals surface area contributed by atoms with Crippen molar-refractivity contribution in [2.45, 2.75) is 168 Å². The van der Waals surface area contributed by atoms with Crippen LogP contribution in [-0.4, -0.2) is 25.2 Å². The molecule has 0 spiro atoms. The molecular formula is C36H62O4. The van der Waals surface area contributed by atoms with Gasteiger partial charge in [0.05, 0.1) is 24.3 Å². The Morgan fingerprint density at radius 2 is 0.900 bits per heavy atom. The van der Waals surface area contributed by atoms with E-state index in [1.807, 2.05) is 12.1 Å². The first kappa shape index (κ1) is 36.2. The van der Waals surface area contributed by atoms with Gasteiger partial charge >= 0.3 is 11.9 Å². The molecule has 230 valence electrons. The Morgan fingerprint density at radius 3 is 1.38 bits per heavy atom. The van der Waals surface area contributed by atoms with Crippen LogP contribution in [0.3, 0.4) is 0 Å². The molecule has 0 radical (unpaired) electrons. The summed E-state index contributed by atoms with van der Waals surface area (Å²) < 4.78 is 11.4. The molecular weight excluding hydrogens is 496 g/mol. The van der Waals surface area contributed by atoms with Crippen molar-refractivity contribution in [2.75, 3.05) is 13.2 Å². The molecule has 0 bridgehead atoms. The van der Waals surface area contributed by atoms with Gasteiger partial charge < -0.3 is 9.47 Å². The Balaban J connectivity index is 2.63. The zero-order valence-corrected chi connectivity index (χ0v) is 26.5. The van der Waals surface area contributed by atoms with E-state index in [1.165, 1.54) is 103 Å². The summed E-state index contributed by atoms with van der Waals surface area (Å²) >= 11 is 0. The fraction of sp³-hybridized carbons (Fsp3) is 0.778. The Kier molecular flexibility index (Phi) is 23.6. The molecule has 0 fully saturated rings. The normalized spacial score (nSPS) is 11.1. The van der Waals surface area contributed by atoms with Gasteiger partial charge in [0, 0.05) is 0 Å². The van der Waals surface area contributed by atoms with Crippen molar-refractivity contribution < 1.29 is 19.1 Å². The average molecular weight is 559 g/mol. The van der Waals surface area contributed by atoms with Gasteiger partial charge in [-0.15, -0.1) is 0 Å². The molecule has 40 heavy (non-hydrogen) atoms. The summed E-state index contributed by atoms with van der Waals surface area (Å²) in [5, 5.41) is 0. The van der Waals surface area contributed by atoms with Gasteiger partial charge in [-0.3, -0.25) is 0 Å². The third kappa shape index (κ3) is 17.8. The van der Waals surface area contributed by atoms with E-state index in [0.717, 1.165) is 50.5 Å². The van der Waals surface area contributed by atoms with E-state index in [2.05, 4.69) is 20.8 Å². The predicted molar refractivity (Wildman–Crippen MR) is 169 cm³/mol. The fourth-order valence-corrected chi connectivity index (χ4v) is 5.27. The van der Waals surface area contributed by atoms with Crippen molar-refractivity contribution in [1.29, 1.82) is 0 Å². The van der Waals surface area contributed by atoms with Crippen LogP contribution >= 0.6 is 0 Å². The predicted octanol–water partition coefficient (Wildman–Crippen LogP) is 11.2. The Bertz CT molecular complexity index is 757. The van der Waals surface area contributed by atoms with Crippen molar-refractivity contribution in [3.05, 3.63) is 34.9 Å². The summed E-state index contributed by atoms with van der Waals surface area (Å²) in [6.07, 6.45) is 27.1. The van der Waals surface area contributed by atoms with Crippen LogP contribution < -0.4 is 0 Å². The first-order chi connectivity index (χ1) is 19.7. The average Bonchev–Trinajstić information content (AvgIpc) is 2.96. The van der Waals surface area contributed by atoms with Crippen LogP contribution in [0, 0.1) is 0 Å². The zero-order valence-electron chi connectivity index (χ0n) is 26.5. The van der Waals surface area contributed by atoms with Crippen molar-refractivity contribution in [3.8, 4) is 0 Å². The quantitative estimate of drug-likeness (QED) is 0.0796. The zero-order chi connectivity index (χ0) is 29.1. The molecule has 0 aliphatic rings. The molecule has 0 amide bonds. The molecule has 0 aromatic heterocycles. The lowest BCUT2D eigenvalue weighted by atomic mass is 9.96. The van der Waals surface area contributed by atoms with E-state index >= 15 is 0 Å². The molecule has 0 saturated carbocycles. The number of carbonyl (C=O) groups is 2. The highest BCUT2D eigenvalue weighted by molar-refractivity contribution is 6.04. The number of benzene rings is 1. The van der Waals surface area contributed by atoms with Gasteiger partial charge in [0.15, 0.2) is 0 Å². The highest BCUT2D eigenvalue weighted by Gasteiger charge is 2.23. The van der Waals surface area contributed by atoms with Gasteiger partial charge in [0.2, 0.25) is 0 Å². The Morgan fingerprint density at radius 1 is 0.500 bits per heavy atom. The number of unbranched alkanes of at least 4 members (excludes halogenated alkanes) is 19. The van der Waals surface area contributed by atoms with Crippen LogP contribution in [-0.2, 0) is 15.9 Å². The molecule has 0 heterocycles. The summed E-state index contributed by atoms with van der Waals surface area (Å²) in [5.74, 6) is -0.768. The molecule has 1 rings (SSSR count). The molecule has 0 saturated heterocycles. The van der Waals surface area contributed by atoms with Crippen molar-refractivity contribution >= 4 is 11.9 Å². The molecule has 0 aliphatic carbocycles. The van der Waals surface area contributed by atoms with E-state index < -0.39 is 5.97 Å². The lowest BCUT2D eigenvalue weighted by molar-refractivity contribution is 0.0449. The minimum atomic E-state index is -0.397. The standard InChI is InChI=1S/C36H62O4/c1-4-7-10-13-16-18-21-24-30-39-35(37)33-29-26-28-32(27-23-20-15-12-9-6-3)34(33)36(38)40-31-25-22-19-17-14-11-8-5-2/h26,28-29H,4-25,27,30-31H2,1-3H3. The maximum absolute atomic E-state index is 13.3. The van der Waals surface area contributed by atoms with Crippen LogP contribution in [0.2, 0.25) is 0 Å². The minimum Gasteiger partial charge on any atom is -0.462 e. The summed E-state index contributed by atoms with van der Waals surface area (Å²) in [7, 11) is 0. The highest BCUT2D eigenvalue weighted by atomic mass is 16.5. The lowest BCUT2D eigenvalue weighted by Gasteiger charge is -2.14. The monoisotopic (exact) mass is 558 g/mol. The van der Waals surface area contributed by atoms with Crippen LogP contribution in [0.1, 0.15) is 188 Å². The smallest absolute Gasteiger partial charge is 0.339 e. The summed E-state index contributed by atoms with van der Waals surface area (Å²) in [4.78, 5) is 26.3. The van der Waals surface area contributed by atoms with E-state index in [-0.39, 0.29) is 5.97 Å². The second-order valence-electron chi connectivity index (χ2n) is 11.6. The van der Waals surface area contributed by atoms with Gasteiger partial charge in [-0.05, 0) is 37.3 Å². The molecule has 0 aliphatic heterocycles. The SMILES string of the molecule is CCCCCCCCCCOC(=O)c1cccc(CCCCCCCC)c1C(=O)OCCCCCCCCCC. The second kappa shape index (κ2) is 26.1. The number of carbonyl (C=O) groups excluding carboxylic acids is 2. The third-order valence-electron chi connectivity index (χ3n) is 7.84. The number of esters is 2. The number of hydrogen-bond donors (Lipinski definition) is 0. The Hall–Kier alpha value is -1.84. The summed E-state index contributed by atoms with van der Waals surface area (Å²) in [5.41, 5.74) is 1.71. The van der Waals surface area contributed by atoms with Crippen LogP contribution in [0.4, 0.5) is 0 Å². The first-order valence-corrected chi connectivity index (χ1v) is 17.1.